The molecule has 0 spiro atoms. The molecule has 0 fully saturated rings. The number of hydrogen-bond donors (Lipinski definition) is 3. The van der Waals surface area contributed by atoms with Crippen molar-refractivity contribution in [3.05, 3.63) is 0 Å². The Hall–Kier alpha value is -1.10. The lowest BCUT2D eigenvalue weighted by Gasteiger charge is -2.14. The molecule has 18 heavy (non-hydrogen) atoms. The first-order chi connectivity index (χ1) is 8.61. The fourth-order valence-electron chi connectivity index (χ4n) is 1.73. The Bertz CT molecular complexity index is 244. The fraction of sp³-hybridized carbons (Fsp3) is 0.846. The number of nitrogens with two attached hydrogens (primary N) is 1. The molecule has 0 aromatic carbocycles. The van der Waals surface area contributed by atoms with E-state index in [2.05, 4.69) is 12.2 Å². The molecule has 0 saturated carbocycles. The lowest BCUT2D eigenvalue weighted by atomic mass is 10.1. The summed E-state index contributed by atoms with van der Waals surface area (Å²) in [5, 5.41) is 11.6. The molecular weight excluding hydrogens is 232 g/mol. The Kier molecular flexibility index (Phi) is 10.3. The molecule has 0 aliphatic heterocycles. The van der Waals surface area contributed by atoms with Gasteiger partial charge in [-0.2, -0.15) is 0 Å². The maximum absolute atomic E-state index is 11.6. The van der Waals surface area contributed by atoms with Crippen LogP contribution in [0, 0.1) is 0 Å². The lowest BCUT2D eigenvalue weighted by Crippen LogP contribution is -2.40. The second-order valence-electron chi connectivity index (χ2n) is 4.55. The van der Waals surface area contributed by atoms with Crippen LogP contribution in [0.15, 0.2) is 0 Å². The average molecular weight is 258 g/mol. The van der Waals surface area contributed by atoms with Gasteiger partial charge in [-0.1, -0.05) is 26.2 Å². The van der Waals surface area contributed by atoms with E-state index in [-0.39, 0.29) is 5.91 Å². The Morgan fingerprint density at radius 2 is 1.89 bits per heavy atom. The number of rotatable bonds is 11. The molecule has 0 saturated heterocycles. The van der Waals surface area contributed by atoms with Crippen molar-refractivity contribution in [2.75, 3.05) is 6.54 Å². The number of hydrogen-bond acceptors (Lipinski definition) is 3. The molecule has 0 aromatic rings. The number of aliphatic carboxylic acids is 1. The van der Waals surface area contributed by atoms with E-state index >= 15 is 0 Å². The third kappa shape index (κ3) is 8.98. The zero-order valence-electron chi connectivity index (χ0n) is 11.3. The van der Waals surface area contributed by atoms with Crippen LogP contribution in [0.1, 0.15) is 58.3 Å². The van der Waals surface area contributed by atoms with Gasteiger partial charge in [-0.25, -0.2) is 4.79 Å². The summed E-state index contributed by atoms with van der Waals surface area (Å²) in [4.78, 5) is 22.5. The molecule has 106 valence electrons. The Morgan fingerprint density at radius 1 is 1.17 bits per heavy atom. The topological polar surface area (TPSA) is 92.4 Å². The van der Waals surface area contributed by atoms with Gasteiger partial charge in [0.2, 0.25) is 5.91 Å². The van der Waals surface area contributed by atoms with E-state index in [1.807, 2.05) is 0 Å². The molecule has 0 aromatic heterocycles. The molecule has 5 heteroatoms. The molecule has 0 aliphatic rings. The molecule has 1 amide bonds. The number of carbonyl (C=O) groups is 2. The predicted molar refractivity (Wildman–Crippen MR) is 71.2 cm³/mol. The molecular formula is C13H26N2O3. The monoisotopic (exact) mass is 258 g/mol. The van der Waals surface area contributed by atoms with E-state index < -0.39 is 12.0 Å². The summed E-state index contributed by atoms with van der Waals surface area (Å²) in [6.45, 7) is 2.66. The molecule has 0 rings (SSSR count). The van der Waals surface area contributed by atoms with Crippen LogP contribution < -0.4 is 11.1 Å². The van der Waals surface area contributed by atoms with E-state index in [1.54, 1.807) is 0 Å². The van der Waals surface area contributed by atoms with Crippen molar-refractivity contribution in [1.82, 2.24) is 5.32 Å². The maximum atomic E-state index is 11.6. The van der Waals surface area contributed by atoms with Crippen molar-refractivity contribution in [1.29, 1.82) is 0 Å². The van der Waals surface area contributed by atoms with Crippen LogP contribution in [0.4, 0.5) is 0 Å². The highest BCUT2D eigenvalue weighted by Crippen LogP contribution is 2.04. The molecule has 0 radical (unpaired) electrons. The van der Waals surface area contributed by atoms with E-state index in [9.17, 15) is 9.59 Å². The first-order valence-corrected chi connectivity index (χ1v) is 6.84. The molecule has 4 N–H and O–H groups in total. The molecule has 0 bridgehead atoms. The summed E-state index contributed by atoms with van der Waals surface area (Å²) >= 11 is 0. The van der Waals surface area contributed by atoms with Gasteiger partial charge in [0.1, 0.15) is 6.04 Å². The highest BCUT2D eigenvalue weighted by atomic mass is 16.4. The van der Waals surface area contributed by atoms with Crippen LogP contribution in [0.5, 0.6) is 0 Å². The first kappa shape index (κ1) is 16.9. The number of unbranched alkanes of at least 4 members (excludes halogenated alkanes) is 4. The van der Waals surface area contributed by atoms with Gasteiger partial charge in [0.15, 0.2) is 0 Å². The van der Waals surface area contributed by atoms with Gasteiger partial charge in [0, 0.05) is 6.42 Å². The Labute approximate surface area is 109 Å². The molecule has 5 nitrogen and oxygen atoms in total. The summed E-state index contributed by atoms with van der Waals surface area (Å²) in [5.41, 5.74) is 5.35. The van der Waals surface area contributed by atoms with E-state index in [0.29, 0.717) is 19.4 Å². The van der Waals surface area contributed by atoms with Gasteiger partial charge >= 0.3 is 5.97 Å². The van der Waals surface area contributed by atoms with E-state index in [0.717, 1.165) is 38.5 Å². The standard InChI is InChI=1S/C13H26N2O3/c1-2-3-4-5-9-12(16)15-11(13(17)18)8-6-7-10-14/h11H,2-10,14H2,1H3,(H,15,16)(H,17,18). The molecule has 0 heterocycles. The quantitative estimate of drug-likeness (QED) is 0.491. The molecule has 1 unspecified atom stereocenters. The number of amides is 1. The number of nitrogens with one attached hydrogen (secondary N) is 1. The second kappa shape index (κ2) is 11.0. The zero-order valence-corrected chi connectivity index (χ0v) is 11.3. The van der Waals surface area contributed by atoms with E-state index in [4.69, 9.17) is 10.8 Å². The smallest absolute Gasteiger partial charge is 0.326 e. The van der Waals surface area contributed by atoms with Crippen molar-refractivity contribution in [2.24, 2.45) is 5.73 Å². The third-order valence-corrected chi connectivity index (χ3v) is 2.84. The van der Waals surface area contributed by atoms with Gasteiger partial charge in [-0.05, 0) is 32.2 Å². The average Bonchev–Trinajstić information content (AvgIpc) is 2.33. The van der Waals surface area contributed by atoms with Crippen LogP contribution in [-0.4, -0.2) is 29.6 Å². The van der Waals surface area contributed by atoms with Crippen LogP contribution in [-0.2, 0) is 9.59 Å². The summed E-state index contributed by atoms with van der Waals surface area (Å²) in [7, 11) is 0. The van der Waals surface area contributed by atoms with Gasteiger partial charge < -0.3 is 16.2 Å². The minimum absolute atomic E-state index is 0.161. The largest absolute Gasteiger partial charge is 0.480 e. The summed E-state index contributed by atoms with van der Waals surface area (Å²) < 4.78 is 0. The van der Waals surface area contributed by atoms with Gasteiger partial charge in [0.25, 0.3) is 0 Å². The van der Waals surface area contributed by atoms with Crippen LogP contribution in [0.2, 0.25) is 0 Å². The number of carbonyl (C=O) groups excluding carboxylic acids is 1. The van der Waals surface area contributed by atoms with Crippen LogP contribution in [0.3, 0.4) is 0 Å². The predicted octanol–water partition coefficient (Wildman–Crippen LogP) is 1.66. The molecule has 0 aliphatic carbocycles. The molecule has 1 atom stereocenters. The minimum Gasteiger partial charge on any atom is -0.480 e. The van der Waals surface area contributed by atoms with Gasteiger partial charge in [-0.15, -0.1) is 0 Å². The summed E-state index contributed by atoms with van der Waals surface area (Å²) in [6.07, 6.45) is 6.47. The fourth-order valence-corrected chi connectivity index (χ4v) is 1.73. The lowest BCUT2D eigenvalue weighted by molar-refractivity contribution is -0.142. The van der Waals surface area contributed by atoms with Crippen LogP contribution >= 0.6 is 0 Å². The Morgan fingerprint density at radius 3 is 2.44 bits per heavy atom. The Balaban J connectivity index is 3.85. The van der Waals surface area contributed by atoms with E-state index in [1.165, 1.54) is 0 Å². The maximum Gasteiger partial charge on any atom is 0.326 e. The van der Waals surface area contributed by atoms with Crippen molar-refractivity contribution in [3.8, 4) is 0 Å². The number of carboxylic acids is 1. The highest BCUT2D eigenvalue weighted by Gasteiger charge is 2.18. The summed E-state index contributed by atoms with van der Waals surface area (Å²) in [6, 6.07) is -0.768. The van der Waals surface area contributed by atoms with Gasteiger partial charge in [-0.3, -0.25) is 4.79 Å². The number of carboxylic acid groups (broad SMARTS) is 1. The van der Waals surface area contributed by atoms with Gasteiger partial charge in [0.05, 0.1) is 0 Å². The third-order valence-electron chi connectivity index (χ3n) is 2.84. The van der Waals surface area contributed by atoms with Crippen molar-refractivity contribution in [3.63, 3.8) is 0 Å². The second-order valence-corrected chi connectivity index (χ2v) is 4.55. The first-order valence-electron chi connectivity index (χ1n) is 6.84. The summed E-state index contributed by atoms with van der Waals surface area (Å²) in [5.74, 6) is -1.12. The SMILES string of the molecule is CCCCCCC(=O)NC(CCCCN)C(=O)O. The van der Waals surface area contributed by atoms with Crippen LogP contribution in [0.25, 0.3) is 0 Å². The zero-order chi connectivity index (χ0) is 13.8. The van der Waals surface area contributed by atoms with Crippen molar-refractivity contribution in [2.45, 2.75) is 64.3 Å². The highest BCUT2D eigenvalue weighted by molar-refractivity contribution is 5.83. The van der Waals surface area contributed by atoms with Crippen molar-refractivity contribution >= 4 is 11.9 Å². The normalized spacial score (nSPS) is 12.1. The minimum atomic E-state index is -0.964. The van der Waals surface area contributed by atoms with Crippen molar-refractivity contribution < 1.29 is 14.7 Å².